The van der Waals surface area contributed by atoms with Crippen LogP contribution in [0.15, 0.2) is 48.5 Å². The Labute approximate surface area is 169 Å². The van der Waals surface area contributed by atoms with Crippen LogP contribution >= 0.6 is 0 Å². The van der Waals surface area contributed by atoms with E-state index in [0.717, 1.165) is 6.42 Å². The van der Waals surface area contributed by atoms with Gasteiger partial charge in [0.15, 0.2) is 0 Å². The summed E-state index contributed by atoms with van der Waals surface area (Å²) in [5.74, 6) is -1.08. The van der Waals surface area contributed by atoms with Gasteiger partial charge in [-0.15, -0.1) is 0 Å². The van der Waals surface area contributed by atoms with Crippen LogP contribution in [0.1, 0.15) is 56.4 Å². The summed E-state index contributed by atoms with van der Waals surface area (Å²) >= 11 is 0. The molecule has 0 spiro atoms. The Morgan fingerprint density at radius 3 is 2.24 bits per heavy atom. The van der Waals surface area contributed by atoms with Crippen LogP contribution in [0, 0.1) is 0 Å². The smallest absolute Gasteiger partial charge is 0.261 e. The number of nitrogens with one attached hydrogen (secondary N) is 2. The maximum absolute atomic E-state index is 12.5. The number of imide groups is 1. The Hall–Kier alpha value is -3.48. The first-order valence-electron chi connectivity index (χ1n) is 9.60. The zero-order chi connectivity index (χ0) is 20.8. The lowest BCUT2D eigenvalue weighted by atomic mass is 10.1. The van der Waals surface area contributed by atoms with Crippen LogP contribution in [0.5, 0.6) is 0 Å². The Morgan fingerprint density at radius 1 is 0.897 bits per heavy atom. The van der Waals surface area contributed by atoms with Crippen molar-refractivity contribution in [3.63, 3.8) is 0 Å². The van der Waals surface area contributed by atoms with Gasteiger partial charge in [0.1, 0.15) is 0 Å². The average Bonchev–Trinajstić information content (AvgIpc) is 2.97. The third-order valence-electron chi connectivity index (χ3n) is 4.62. The molecular formula is C22H23N3O4. The van der Waals surface area contributed by atoms with E-state index in [2.05, 4.69) is 10.6 Å². The molecule has 2 aromatic carbocycles. The second-order valence-corrected chi connectivity index (χ2v) is 6.80. The lowest BCUT2D eigenvalue weighted by molar-refractivity contribution is -0.120. The van der Waals surface area contributed by atoms with Crippen LogP contribution in [-0.4, -0.2) is 41.6 Å². The molecule has 0 fully saturated rings. The van der Waals surface area contributed by atoms with E-state index in [1.54, 1.807) is 48.5 Å². The number of benzene rings is 2. The highest BCUT2D eigenvalue weighted by Gasteiger charge is 2.34. The van der Waals surface area contributed by atoms with Crippen LogP contribution in [0.2, 0.25) is 0 Å². The van der Waals surface area contributed by atoms with Crippen molar-refractivity contribution >= 4 is 23.6 Å². The van der Waals surface area contributed by atoms with Crippen LogP contribution in [0.25, 0.3) is 0 Å². The zero-order valence-corrected chi connectivity index (χ0v) is 16.2. The van der Waals surface area contributed by atoms with Gasteiger partial charge in [-0.1, -0.05) is 31.2 Å². The highest BCUT2D eigenvalue weighted by molar-refractivity contribution is 6.21. The zero-order valence-electron chi connectivity index (χ0n) is 16.2. The largest absolute Gasteiger partial charge is 0.356 e. The van der Waals surface area contributed by atoms with E-state index in [1.807, 2.05) is 6.92 Å². The molecule has 1 heterocycles. The van der Waals surface area contributed by atoms with Crippen LogP contribution in [-0.2, 0) is 11.3 Å². The molecule has 0 unspecified atom stereocenters. The second kappa shape index (κ2) is 9.14. The van der Waals surface area contributed by atoms with E-state index in [9.17, 15) is 19.2 Å². The van der Waals surface area contributed by atoms with Gasteiger partial charge in [0, 0.05) is 25.1 Å². The van der Waals surface area contributed by atoms with E-state index < -0.39 is 0 Å². The molecule has 7 heteroatoms. The van der Waals surface area contributed by atoms with Gasteiger partial charge >= 0.3 is 0 Å². The normalized spacial score (nSPS) is 12.7. The molecule has 0 atom stereocenters. The predicted molar refractivity (Wildman–Crippen MR) is 107 cm³/mol. The summed E-state index contributed by atoms with van der Waals surface area (Å²) in [6.45, 7) is 2.91. The summed E-state index contributed by atoms with van der Waals surface area (Å²) in [7, 11) is 0. The minimum absolute atomic E-state index is 0.0902. The van der Waals surface area contributed by atoms with Gasteiger partial charge in [-0.05, 0) is 36.2 Å². The van der Waals surface area contributed by atoms with Crippen molar-refractivity contribution in [3.05, 3.63) is 70.8 Å². The first kappa shape index (κ1) is 20.3. The van der Waals surface area contributed by atoms with Crippen molar-refractivity contribution in [3.8, 4) is 0 Å². The predicted octanol–water partition coefficient (Wildman–Crippen LogP) is 2.13. The fourth-order valence-corrected chi connectivity index (χ4v) is 3.12. The summed E-state index contributed by atoms with van der Waals surface area (Å²) in [6, 6.07) is 13.5. The van der Waals surface area contributed by atoms with Crippen LogP contribution in [0.3, 0.4) is 0 Å². The molecule has 1 aliphatic rings. The second-order valence-electron chi connectivity index (χ2n) is 6.80. The van der Waals surface area contributed by atoms with Crippen molar-refractivity contribution in [1.82, 2.24) is 15.5 Å². The molecule has 29 heavy (non-hydrogen) atoms. The van der Waals surface area contributed by atoms with Crippen molar-refractivity contribution in [2.24, 2.45) is 0 Å². The highest BCUT2D eigenvalue weighted by Crippen LogP contribution is 2.24. The topological polar surface area (TPSA) is 95.6 Å². The maximum atomic E-state index is 12.5. The van der Waals surface area contributed by atoms with Gasteiger partial charge in [0.25, 0.3) is 17.7 Å². The van der Waals surface area contributed by atoms with Crippen LogP contribution in [0.4, 0.5) is 0 Å². The average molecular weight is 393 g/mol. The fraction of sp³-hybridized carbons (Fsp3) is 0.273. The van der Waals surface area contributed by atoms with Crippen LogP contribution < -0.4 is 10.6 Å². The first-order valence-corrected chi connectivity index (χ1v) is 9.60. The molecule has 2 aromatic rings. The number of nitrogens with zero attached hydrogens (tertiary/aromatic N) is 1. The Kier molecular flexibility index (Phi) is 6.39. The van der Waals surface area contributed by atoms with Crippen molar-refractivity contribution in [2.45, 2.75) is 26.3 Å². The number of carbonyl (C=O) groups excluding carboxylic acids is 4. The molecule has 1 aliphatic heterocycles. The van der Waals surface area contributed by atoms with E-state index in [-0.39, 0.29) is 43.1 Å². The molecule has 0 radical (unpaired) electrons. The van der Waals surface area contributed by atoms with Crippen molar-refractivity contribution in [2.75, 3.05) is 13.1 Å². The first-order chi connectivity index (χ1) is 14.0. The van der Waals surface area contributed by atoms with Gasteiger partial charge in [0.2, 0.25) is 5.91 Å². The van der Waals surface area contributed by atoms with Gasteiger partial charge in [-0.2, -0.15) is 0 Å². The van der Waals surface area contributed by atoms with Crippen molar-refractivity contribution < 1.29 is 19.2 Å². The molecule has 0 saturated heterocycles. The van der Waals surface area contributed by atoms with Gasteiger partial charge < -0.3 is 10.6 Å². The standard InChI is InChI=1S/C22H23N3O4/c1-2-11-23-19(26)10-12-24-20(27)16-7-5-6-15(13-16)14-25-21(28)17-8-3-4-9-18(17)22(25)29/h3-9,13H,2,10-12,14H2,1H3,(H,23,26)(H,24,27). The SMILES string of the molecule is CCCNC(=O)CCNC(=O)c1cccc(CN2C(=O)c3ccccc3C2=O)c1. The third-order valence-corrected chi connectivity index (χ3v) is 4.62. The number of rotatable bonds is 8. The van der Waals surface area contributed by atoms with E-state index in [4.69, 9.17) is 0 Å². The summed E-state index contributed by atoms with van der Waals surface area (Å²) in [5.41, 5.74) is 1.88. The molecular weight excluding hydrogens is 370 g/mol. The van der Waals surface area contributed by atoms with Gasteiger partial charge in [-0.25, -0.2) is 0 Å². The maximum Gasteiger partial charge on any atom is 0.261 e. The number of carbonyl (C=O) groups is 4. The lowest BCUT2D eigenvalue weighted by Gasteiger charge is -2.14. The van der Waals surface area contributed by atoms with Crippen molar-refractivity contribution in [1.29, 1.82) is 0 Å². The van der Waals surface area contributed by atoms with Gasteiger partial charge in [0.05, 0.1) is 17.7 Å². The minimum Gasteiger partial charge on any atom is -0.356 e. The highest BCUT2D eigenvalue weighted by atomic mass is 16.2. The Balaban J connectivity index is 1.60. The third kappa shape index (κ3) is 4.68. The fourth-order valence-electron chi connectivity index (χ4n) is 3.12. The molecule has 0 aromatic heterocycles. The monoisotopic (exact) mass is 393 g/mol. The Morgan fingerprint density at radius 2 is 1.59 bits per heavy atom. The van der Waals surface area contributed by atoms with E-state index >= 15 is 0 Å². The minimum atomic E-state index is -0.335. The van der Waals surface area contributed by atoms with Gasteiger partial charge in [-0.3, -0.25) is 24.1 Å². The molecule has 4 amide bonds. The lowest BCUT2D eigenvalue weighted by Crippen LogP contribution is -2.31. The summed E-state index contributed by atoms with van der Waals surface area (Å²) < 4.78 is 0. The quantitative estimate of drug-likeness (QED) is 0.672. The molecule has 7 nitrogen and oxygen atoms in total. The molecule has 2 N–H and O–H groups in total. The Bertz CT molecular complexity index is 920. The molecule has 0 saturated carbocycles. The summed E-state index contributed by atoms with van der Waals surface area (Å²) in [6.07, 6.45) is 1.07. The molecule has 0 bridgehead atoms. The molecule has 150 valence electrons. The van der Waals surface area contributed by atoms with E-state index in [0.29, 0.717) is 28.8 Å². The number of hydrogen-bond acceptors (Lipinski definition) is 4. The number of hydrogen-bond donors (Lipinski definition) is 2. The molecule has 0 aliphatic carbocycles. The number of fused-ring (bicyclic) bond motifs is 1. The molecule has 3 rings (SSSR count). The van der Waals surface area contributed by atoms with E-state index in [1.165, 1.54) is 4.90 Å². The number of amides is 4. The summed E-state index contributed by atoms with van der Waals surface area (Å²) in [4.78, 5) is 50.1. The summed E-state index contributed by atoms with van der Waals surface area (Å²) in [5, 5.41) is 5.46.